The number of carbonyl (C=O) groups is 2. The van der Waals surface area contributed by atoms with Gasteiger partial charge < -0.3 is 15.7 Å². The van der Waals surface area contributed by atoms with Crippen LogP contribution in [0.15, 0.2) is 0 Å². The Bertz CT molecular complexity index is 312. The molecule has 1 fully saturated rings. The lowest BCUT2D eigenvalue weighted by Gasteiger charge is -2.21. The van der Waals surface area contributed by atoms with E-state index in [1.807, 2.05) is 18.7 Å². The lowest BCUT2D eigenvalue weighted by atomic mass is 10.1. The molecule has 1 aliphatic carbocycles. The number of hydrogen-bond donors (Lipinski definition) is 3. The number of nitrogens with one attached hydrogen (secondary N) is 2. The number of amides is 2. The fraction of sp³-hybridized carbons (Fsp3) is 0.846. The van der Waals surface area contributed by atoms with Gasteiger partial charge in [0.1, 0.15) is 0 Å². The summed E-state index contributed by atoms with van der Waals surface area (Å²) in [6.07, 6.45) is 3.83. The first kappa shape index (κ1) is 16.1. The Kier molecular flexibility index (Phi) is 7.05. The van der Waals surface area contributed by atoms with Crippen LogP contribution in [0.25, 0.3) is 0 Å². The molecule has 3 atom stereocenters. The molecule has 3 unspecified atom stereocenters. The summed E-state index contributed by atoms with van der Waals surface area (Å²) in [6, 6.07) is -0.0249. The van der Waals surface area contributed by atoms with Gasteiger partial charge in [0.05, 0.1) is 5.92 Å². The predicted octanol–water partition coefficient (Wildman–Crippen LogP) is 2.07. The van der Waals surface area contributed by atoms with Crippen molar-refractivity contribution in [1.82, 2.24) is 10.6 Å². The van der Waals surface area contributed by atoms with Crippen LogP contribution < -0.4 is 10.6 Å². The van der Waals surface area contributed by atoms with Gasteiger partial charge in [-0.25, -0.2) is 4.79 Å². The van der Waals surface area contributed by atoms with E-state index in [4.69, 9.17) is 5.11 Å². The highest BCUT2D eigenvalue weighted by atomic mass is 32.2. The first-order valence-corrected chi connectivity index (χ1v) is 8.02. The highest BCUT2D eigenvalue weighted by molar-refractivity contribution is 7.99. The molecule has 1 aliphatic rings. The van der Waals surface area contributed by atoms with Gasteiger partial charge in [-0.05, 0) is 25.0 Å². The topological polar surface area (TPSA) is 78.4 Å². The molecule has 0 aromatic carbocycles. The fourth-order valence-electron chi connectivity index (χ4n) is 2.35. The molecule has 19 heavy (non-hydrogen) atoms. The van der Waals surface area contributed by atoms with Gasteiger partial charge in [-0.15, -0.1) is 0 Å². The van der Waals surface area contributed by atoms with Crippen LogP contribution in [0.3, 0.4) is 0 Å². The van der Waals surface area contributed by atoms with E-state index >= 15 is 0 Å². The second-order valence-electron chi connectivity index (χ2n) is 4.83. The third kappa shape index (κ3) is 5.30. The molecule has 0 radical (unpaired) electrons. The molecule has 0 aromatic heterocycles. The van der Waals surface area contributed by atoms with Crippen LogP contribution in [0.5, 0.6) is 0 Å². The number of hydrogen-bond acceptors (Lipinski definition) is 3. The van der Waals surface area contributed by atoms with Crippen LogP contribution >= 0.6 is 11.8 Å². The Labute approximate surface area is 118 Å². The van der Waals surface area contributed by atoms with Crippen LogP contribution in [0.2, 0.25) is 0 Å². The summed E-state index contributed by atoms with van der Waals surface area (Å²) in [4.78, 5) is 22.6. The van der Waals surface area contributed by atoms with Crippen molar-refractivity contribution >= 4 is 23.8 Å². The highest BCUT2D eigenvalue weighted by Gasteiger charge is 2.28. The van der Waals surface area contributed by atoms with Crippen LogP contribution in [-0.4, -0.2) is 40.7 Å². The van der Waals surface area contributed by atoms with Gasteiger partial charge in [0.15, 0.2) is 0 Å². The van der Waals surface area contributed by atoms with E-state index in [9.17, 15) is 9.59 Å². The smallest absolute Gasteiger partial charge is 0.315 e. The molecular weight excluding hydrogens is 264 g/mol. The standard InChI is InChI=1S/C13H24N2O3S/c1-3-9(12(16)17)8-14-13(18)15-10-6-5-7-11(10)19-4-2/h9-11H,3-8H2,1-2H3,(H,16,17)(H2,14,15,18). The highest BCUT2D eigenvalue weighted by Crippen LogP contribution is 2.29. The molecule has 110 valence electrons. The third-order valence-corrected chi connectivity index (χ3v) is 4.83. The average Bonchev–Trinajstić information content (AvgIpc) is 2.77. The van der Waals surface area contributed by atoms with Gasteiger partial charge in [-0.1, -0.05) is 20.3 Å². The first-order chi connectivity index (χ1) is 9.08. The van der Waals surface area contributed by atoms with E-state index in [1.54, 1.807) is 0 Å². The van der Waals surface area contributed by atoms with Crippen molar-refractivity contribution in [2.45, 2.75) is 50.8 Å². The summed E-state index contributed by atoms with van der Waals surface area (Å²) in [5, 5.41) is 15.0. The van der Waals surface area contributed by atoms with Gasteiger partial charge >= 0.3 is 12.0 Å². The van der Waals surface area contributed by atoms with E-state index in [0.29, 0.717) is 11.7 Å². The number of urea groups is 1. The molecule has 5 nitrogen and oxygen atoms in total. The van der Waals surface area contributed by atoms with Crippen LogP contribution in [0, 0.1) is 5.92 Å². The third-order valence-electron chi connectivity index (χ3n) is 3.50. The Morgan fingerprint density at radius 1 is 1.37 bits per heavy atom. The maximum atomic E-state index is 11.8. The van der Waals surface area contributed by atoms with Crippen LogP contribution in [0.4, 0.5) is 4.79 Å². The number of thioether (sulfide) groups is 1. The lowest BCUT2D eigenvalue weighted by molar-refractivity contribution is -0.141. The minimum Gasteiger partial charge on any atom is -0.481 e. The minimum absolute atomic E-state index is 0.190. The Morgan fingerprint density at radius 2 is 2.11 bits per heavy atom. The maximum absolute atomic E-state index is 11.8. The number of carbonyl (C=O) groups excluding carboxylic acids is 1. The average molecular weight is 288 g/mol. The Hall–Kier alpha value is -0.910. The summed E-state index contributed by atoms with van der Waals surface area (Å²) in [5.74, 6) is -0.306. The van der Waals surface area contributed by atoms with E-state index in [1.165, 1.54) is 0 Å². The number of carboxylic acid groups (broad SMARTS) is 1. The maximum Gasteiger partial charge on any atom is 0.315 e. The largest absolute Gasteiger partial charge is 0.481 e. The van der Waals surface area contributed by atoms with Gasteiger partial charge in [0, 0.05) is 17.8 Å². The molecule has 0 saturated heterocycles. The SMILES string of the molecule is CCSC1CCCC1NC(=O)NCC(CC)C(=O)O. The summed E-state index contributed by atoms with van der Waals surface area (Å²) in [6.45, 7) is 4.12. The van der Waals surface area contributed by atoms with Crippen LogP contribution in [-0.2, 0) is 4.79 Å². The van der Waals surface area contributed by atoms with Crippen molar-refractivity contribution in [2.75, 3.05) is 12.3 Å². The minimum atomic E-state index is -0.858. The molecule has 6 heteroatoms. The van der Waals surface area contributed by atoms with E-state index in [0.717, 1.165) is 25.0 Å². The zero-order chi connectivity index (χ0) is 14.3. The van der Waals surface area contributed by atoms with Gasteiger partial charge in [0.2, 0.25) is 0 Å². The van der Waals surface area contributed by atoms with Crippen molar-refractivity contribution in [1.29, 1.82) is 0 Å². The predicted molar refractivity (Wildman–Crippen MR) is 77.5 cm³/mol. The van der Waals surface area contributed by atoms with E-state index < -0.39 is 11.9 Å². The normalized spacial score (nSPS) is 23.9. The van der Waals surface area contributed by atoms with Gasteiger partial charge in [-0.3, -0.25) is 4.79 Å². The van der Waals surface area contributed by atoms with Crippen molar-refractivity contribution in [3.8, 4) is 0 Å². The molecule has 1 saturated carbocycles. The zero-order valence-electron chi connectivity index (χ0n) is 11.6. The second-order valence-corrected chi connectivity index (χ2v) is 6.35. The molecule has 0 aliphatic heterocycles. The molecule has 1 rings (SSSR count). The lowest BCUT2D eigenvalue weighted by Crippen LogP contribution is -2.46. The molecular formula is C13H24N2O3S. The summed E-state index contributed by atoms with van der Waals surface area (Å²) in [7, 11) is 0. The monoisotopic (exact) mass is 288 g/mol. The van der Waals surface area contributed by atoms with Crippen molar-refractivity contribution < 1.29 is 14.7 Å². The van der Waals surface area contributed by atoms with E-state index in [2.05, 4.69) is 17.6 Å². The summed E-state index contributed by atoms with van der Waals surface area (Å²) >= 11 is 1.89. The van der Waals surface area contributed by atoms with Crippen molar-refractivity contribution in [2.24, 2.45) is 5.92 Å². The summed E-state index contributed by atoms with van der Waals surface area (Å²) in [5.41, 5.74) is 0. The fourth-order valence-corrected chi connectivity index (χ4v) is 3.54. The Morgan fingerprint density at radius 3 is 2.68 bits per heavy atom. The van der Waals surface area contributed by atoms with Crippen molar-refractivity contribution in [3.63, 3.8) is 0 Å². The molecule has 0 heterocycles. The second kappa shape index (κ2) is 8.30. The summed E-state index contributed by atoms with van der Waals surface area (Å²) < 4.78 is 0. The van der Waals surface area contributed by atoms with Gasteiger partial charge in [-0.2, -0.15) is 11.8 Å². The molecule has 2 amide bonds. The van der Waals surface area contributed by atoms with Crippen molar-refractivity contribution in [3.05, 3.63) is 0 Å². The van der Waals surface area contributed by atoms with E-state index in [-0.39, 0.29) is 18.6 Å². The quantitative estimate of drug-likeness (QED) is 0.670. The number of rotatable bonds is 7. The first-order valence-electron chi connectivity index (χ1n) is 6.97. The molecule has 0 bridgehead atoms. The zero-order valence-corrected chi connectivity index (χ0v) is 12.5. The number of carboxylic acids is 1. The molecule has 0 aromatic rings. The molecule has 3 N–H and O–H groups in total. The number of aliphatic carboxylic acids is 1. The molecule has 0 spiro atoms. The Balaban J connectivity index is 2.32. The van der Waals surface area contributed by atoms with Crippen LogP contribution in [0.1, 0.15) is 39.5 Å². The van der Waals surface area contributed by atoms with Gasteiger partial charge in [0.25, 0.3) is 0 Å².